The lowest BCUT2D eigenvalue weighted by atomic mass is 9.90. The van der Waals surface area contributed by atoms with Crippen LogP contribution in [0.15, 0.2) is 12.2 Å². The molecule has 0 aromatic carbocycles. The lowest BCUT2D eigenvalue weighted by Gasteiger charge is -2.20. The molecule has 0 bridgehead atoms. The van der Waals surface area contributed by atoms with Crippen LogP contribution in [0.25, 0.3) is 0 Å². The minimum atomic E-state index is -1.78. The zero-order chi connectivity index (χ0) is 9.73. The van der Waals surface area contributed by atoms with Gasteiger partial charge in [0.15, 0.2) is 11.5 Å². The van der Waals surface area contributed by atoms with Crippen molar-refractivity contribution in [2.24, 2.45) is 5.73 Å². The molecule has 0 saturated heterocycles. The van der Waals surface area contributed by atoms with Crippen LogP contribution in [-0.4, -0.2) is 18.0 Å². The Morgan fingerprint density at radius 2 is 2.23 bits per heavy atom. The van der Waals surface area contributed by atoms with Crippen LogP contribution in [0.5, 0.6) is 0 Å². The van der Waals surface area contributed by atoms with Crippen molar-refractivity contribution in [1.82, 2.24) is 0 Å². The maximum absolute atomic E-state index is 13.9. The van der Waals surface area contributed by atoms with Crippen LogP contribution in [0, 0.1) is 0 Å². The molecule has 13 heavy (non-hydrogen) atoms. The fraction of sp³-hybridized carbons (Fsp3) is 0.700. The summed E-state index contributed by atoms with van der Waals surface area (Å²) < 4.78 is 13.9. The number of carbonyl (C=O) groups excluding carboxylic acids is 1. The van der Waals surface area contributed by atoms with E-state index in [1.54, 1.807) is 6.08 Å². The lowest BCUT2D eigenvalue weighted by molar-refractivity contribution is -0.126. The van der Waals surface area contributed by atoms with E-state index < -0.39 is 11.5 Å². The number of hydrogen-bond acceptors (Lipinski definition) is 2. The molecule has 0 aromatic heterocycles. The van der Waals surface area contributed by atoms with Crippen molar-refractivity contribution in [2.75, 3.05) is 6.54 Å². The molecule has 0 heterocycles. The summed E-state index contributed by atoms with van der Waals surface area (Å²) in [7, 11) is 0. The largest absolute Gasteiger partial charge is 0.324 e. The Bertz CT molecular complexity index is 215. The first-order chi connectivity index (χ1) is 6.19. The van der Waals surface area contributed by atoms with E-state index in [2.05, 4.69) is 0 Å². The van der Waals surface area contributed by atoms with Crippen LogP contribution in [0.2, 0.25) is 0 Å². The summed E-state index contributed by atoms with van der Waals surface area (Å²) in [5, 5.41) is 0. The molecular weight excluding hydrogens is 169 g/mol. The Hall–Kier alpha value is -0.700. The first-order valence-corrected chi connectivity index (χ1v) is 4.79. The van der Waals surface area contributed by atoms with Crippen molar-refractivity contribution >= 4 is 5.78 Å². The van der Waals surface area contributed by atoms with Gasteiger partial charge in [0.25, 0.3) is 0 Å². The summed E-state index contributed by atoms with van der Waals surface area (Å²) in [5.41, 5.74) is 3.37. The SMILES string of the molecule is NCC(=O)C1(F)/C=C\CCCCC1. The number of ketones is 1. The second-order valence-electron chi connectivity index (χ2n) is 3.49. The van der Waals surface area contributed by atoms with Crippen LogP contribution < -0.4 is 5.73 Å². The van der Waals surface area contributed by atoms with Crippen molar-refractivity contribution in [1.29, 1.82) is 0 Å². The van der Waals surface area contributed by atoms with Gasteiger partial charge in [-0.05, 0) is 31.8 Å². The first-order valence-electron chi connectivity index (χ1n) is 4.79. The van der Waals surface area contributed by atoms with Crippen molar-refractivity contribution in [3.05, 3.63) is 12.2 Å². The van der Waals surface area contributed by atoms with E-state index in [1.807, 2.05) is 0 Å². The second kappa shape index (κ2) is 4.51. The predicted octanol–water partition coefficient (Wildman–Crippen LogP) is 1.74. The average Bonchev–Trinajstić information content (AvgIpc) is 2.10. The van der Waals surface area contributed by atoms with E-state index in [0.717, 1.165) is 25.7 Å². The molecule has 1 rings (SSSR count). The van der Waals surface area contributed by atoms with E-state index in [1.165, 1.54) is 6.08 Å². The van der Waals surface area contributed by atoms with Crippen LogP contribution >= 0.6 is 0 Å². The highest BCUT2D eigenvalue weighted by atomic mass is 19.1. The minimum Gasteiger partial charge on any atom is -0.324 e. The summed E-state index contributed by atoms with van der Waals surface area (Å²) >= 11 is 0. The molecule has 74 valence electrons. The Labute approximate surface area is 78.0 Å². The summed E-state index contributed by atoms with van der Waals surface area (Å²) in [6.45, 7) is -0.208. The monoisotopic (exact) mass is 185 g/mol. The molecule has 1 aliphatic rings. The van der Waals surface area contributed by atoms with Gasteiger partial charge in [-0.1, -0.05) is 12.5 Å². The van der Waals surface area contributed by atoms with E-state index in [-0.39, 0.29) is 6.54 Å². The van der Waals surface area contributed by atoms with Gasteiger partial charge in [0, 0.05) is 0 Å². The number of halogens is 1. The van der Waals surface area contributed by atoms with Crippen molar-refractivity contribution in [3.63, 3.8) is 0 Å². The third-order valence-corrected chi connectivity index (χ3v) is 2.44. The van der Waals surface area contributed by atoms with Crippen molar-refractivity contribution in [3.8, 4) is 0 Å². The van der Waals surface area contributed by atoms with Gasteiger partial charge in [-0.2, -0.15) is 0 Å². The lowest BCUT2D eigenvalue weighted by Crippen LogP contribution is -2.37. The third-order valence-electron chi connectivity index (χ3n) is 2.44. The standard InChI is InChI=1S/C10H16FNO/c11-10(9(13)8-12)6-4-2-1-3-5-7-10/h4,6H,1-3,5,7-8,12H2/b6-4-. The molecule has 1 unspecified atom stereocenters. The van der Waals surface area contributed by atoms with Gasteiger partial charge in [0.1, 0.15) is 0 Å². The molecule has 2 nitrogen and oxygen atoms in total. The molecule has 3 heteroatoms. The quantitative estimate of drug-likeness (QED) is 0.666. The molecule has 2 N–H and O–H groups in total. The second-order valence-corrected chi connectivity index (χ2v) is 3.49. The summed E-state index contributed by atoms with van der Waals surface area (Å²) in [5.74, 6) is -0.495. The molecule has 0 saturated carbocycles. The molecule has 0 aliphatic heterocycles. The highest BCUT2D eigenvalue weighted by Crippen LogP contribution is 2.25. The number of rotatable bonds is 2. The first kappa shape index (κ1) is 10.4. The number of hydrogen-bond donors (Lipinski definition) is 1. The molecule has 0 fully saturated rings. The molecule has 0 aromatic rings. The molecule has 0 radical (unpaired) electrons. The number of allylic oxidation sites excluding steroid dienone is 2. The Morgan fingerprint density at radius 3 is 2.92 bits per heavy atom. The maximum atomic E-state index is 13.9. The van der Waals surface area contributed by atoms with Crippen LogP contribution in [0.1, 0.15) is 32.1 Å². The average molecular weight is 185 g/mol. The fourth-order valence-electron chi connectivity index (χ4n) is 1.58. The minimum absolute atomic E-state index is 0.208. The van der Waals surface area contributed by atoms with Crippen molar-refractivity contribution in [2.45, 2.75) is 37.8 Å². The Morgan fingerprint density at radius 1 is 1.46 bits per heavy atom. The third kappa shape index (κ3) is 2.62. The topological polar surface area (TPSA) is 43.1 Å². The predicted molar refractivity (Wildman–Crippen MR) is 50.1 cm³/mol. The molecule has 0 spiro atoms. The van der Waals surface area contributed by atoms with Gasteiger partial charge in [0.05, 0.1) is 6.54 Å². The highest BCUT2D eigenvalue weighted by molar-refractivity contribution is 5.90. The summed E-state index contributed by atoms with van der Waals surface area (Å²) in [6.07, 6.45) is 7.15. The highest BCUT2D eigenvalue weighted by Gasteiger charge is 2.33. The van der Waals surface area contributed by atoms with Gasteiger partial charge in [-0.3, -0.25) is 4.79 Å². The van der Waals surface area contributed by atoms with Gasteiger partial charge in [-0.15, -0.1) is 0 Å². The number of Topliss-reactive ketones (excluding diaryl/α,β-unsaturated/α-hetero) is 1. The fourth-order valence-corrected chi connectivity index (χ4v) is 1.58. The van der Waals surface area contributed by atoms with Gasteiger partial charge in [-0.25, -0.2) is 4.39 Å². The summed E-state index contributed by atoms with van der Waals surface area (Å²) in [4.78, 5) is 11.2. The van der Waals surface area contributed by atoms with E-state index >= 15 is 0 Å². The van der Waals surface area contributed by atoms with Crippen LogP contribution in [0.3, 0.4) is 0 Å². The van der Waals surface area contributed by atoms with Crippen LogP contribution in [0.4, 0.5) is 4.39 Å². The zero-order valence-electron chi connectivity index (χ0n) is 7.76. The summed E-state index contributed by atoms with van der Waals surface area (Å²) in [6, 6.07) is 0. The number of carbonyl (C=O) groups is 1. The van der Waals surface area contributed by atoms with Gasteiger partial charge < -0.3 is 5.73 Å². The normalized spacial score (nSPS) is 31.8. The Kier molecular flexibility index (Phi) is 3.60. The van der Waals surface area contributed by atoms with E-state index in [0.29, 0.717) is 6.42 Å². The van der Waals surface area contributed by atoms with E-state index in [4.69, 9.17) is 5.73 Å². The number of nitrogens with two attached hydrogens (primary N) is 1. The Balaban J connectivity index is 2.72. The number of alkyl halides is 1. The molecule has 1 atom stereocenters. The van der Waals surface area contributed by atoms with Crippen LogP contribution in [-0.2, 0) is 4.79 Å². The maximum Gasteiger partial charge on any atom is 0.188 e. The smallest absolute Gasteiger partial charge is 0.188 e. The zero-order valence-corrected chi connectivity index (χ0v) is 7.76. The van der Waals surface area contributed by atoms with Gasteiger partial charge >= 0.3 is 0 Å². The molecule has 1 aliphatic carbocycles. The van der Waals surface area contributed by atoms with E-state index in [9.17, 15) is 9.18 Å². The molecular formula is C10H16FNO. The van der Waals surface area contributed by atoms with Gasteiger partial charge in [0.2, 0.25) is 0 Å². The molecule has 0 amide bonds. The van der Waals surface area contributed by atoms with Crippen molar-refractivity contribution < 1.29 is 9.18 Å².